The largest absolute Gasteiger partial charge is 0.316 e. The lowest BCUT2D eigenvalue weighted by molar-refractivity contribution is -0.385. The van der Waals surface area contributed by atoms with E-state index < -0.39 is 14.9 Å². The summed E-state index contributed by atoms with van der Waals surface area (Å²) in [6.07, 6.45) is 0. The van der Waals surface area contributed by atoms with E-state index in [1.165, 1.54) is 6.07 Å². The number of nitro groups is 1. The minimum Gasteiger partial charge on any atom is -0.316 e. The molecule has 1 aromatic rings. The van der Waals surface area contributed by atoms with Crippen LogP contribution >= 0.6 is 0 Å². The second-order valence-electron chi connectivity index (χ2n) is 5.77. The fourth-order valence-corrected chi connectivity index (χ4v) is 4.44. The Morgan fingerprint density at radius 3 is 2.48 bits per heavy atom. The van der Waals surface area contributed by atoms with E-state index in [1.807, 2.05) is 0 Å². The number of benzene rings is 1. The number of hydrogen-bond acceptors (Lipinski definition) is 5. The number of fused-ring (bicyclic) bond motifs is 1. The van der Waals surface area contributed by atoms with Gasteiger partial charge in [0.05, 0.1) is 9.82 Å². The van der Waals surface area contributed by atoms with Crippen molar-refractivity contribution in [3.63, 3.8) is 0 Å². The maximum Gasteiger partial charge on any atom is 0.273 e. The van der Waals surface area contributed by atoms with Crippen molar-refractivity contribution in [3.8, 4) is 0 Å². The molecule has 21 heavy (non-hydrogen) atoms. The van der Waals surface area contributed by atoms with E-state index in [4.69, 9.17) is 0 Å². The number of aryl methyl sites for hydroxylation is 1. The van der Waals surface area contributed by atoms with Gasteiger partial charge in [-0.2, -0.15) is 0 Å². The van der Waals surface area contributed by atoms with E-state index in [0.717, 1.165) is 19.2 Å². The quantitative estimate of drug-likeness (QED) is 0.630. The first kappa shape index (κ1) is 14.4. The first-order chi connectivity index (χ1) is 9.81. The molecule has 2 fully saturated rings. The standard InChI is InChI=1S/C13H17N3O4S/c1-7-3-9(4-12(8(7)2)16(17)18)21(19,20)15-13-10-5-14-6-11(10)13/h3-4,10-11,13-15H,5-6H2,1-2H3. The molecule has 7 nitrogen and oxygen atoms in total. The number of rotatable bonds is 4. The Kier molecular flexibility index (Phi) is 3.27. The van der Waals surface area contributed by atoms with Crippen LogP contribution in [0.4, 0.5) is 5.69 Å². The summed E-state index contributed by atoms with van der Waals surface area (Å²) in [6.45, 7) is 4.95. The zero-order valence-corrected chi connectivity index (χ0v) is 12.6. The second kappa shape index (κ2) is 4.75. The fraction of sp³-hybridized carbons (Fsp3) is 0.538. The third-order valence-electron chi connectivity index (χ3n) is 4.50. The van der Waals surface area contributed by atoms with Crippen molar-refractivity contribution in [1.29, 1.82) is 0 Å². The van der Waals surface area contributed by atoms with Crippen LogP contribution in [-0.4, -0.2) is 32.5 Å². The number of nitro benzene ring substituents is 1. The number of nitrogens with zero attached hydrogens (tertiary/aromatic N) is 1. The van der Waals surface area contributed by atoms with Gasteiger partial charge in [0, 0.05) is 17.7 Å². The number of piperidine rings is 1. The first-order valence-corrected chi connectivity index (χ1v) is 8.28. The Hall–Kier alpha value is -1.51. The molecule has 2 aliphatic rings. The van der Waals surface area contributed by atoms with Crippen LogP contribution < -0.4 is 10.0 Å². The Bertz CT molecular complexity index is 706. The Morgan fingerprint density at radius 1 is 1.29 bits per heavy atom. The van der Waals surface area contributed by atoms with Gasteiger partial charge in [-0.3, -0.25) is 10.1 Å². The molecule has 0 radical (unpaired) electrons. The molecule has 2 N–H and O–H groups in total. The third-order valence-corrected chi connectivity index (χ3v) is 5.94. The van der Waals surface area contributed by atoms with Crippen molar-refractivity contribution in [1.82, 2.24) is 10.0 Å². The Morgan fingerprint density at radius 2 is 1.90 bits per heavy atom. The number of sulfonamides is 1. The summed E-state index contributed by atoms with van der Waals surface area (Å²) in [5, 5.41) is 14.2. The lowest BCUT2D eigenvalue weighted by Gasteiger charge is -2.10. The van der Waals surface area contributed by atoms with Crippen LogP contribution in [0, 0.1) is 35.8 Å². The van der Waals surface area contributed by atoms with Crippen molar-refractivity contribution in [2.45, 2.75) is 24.8 Å². The maximum absolute atomic E-state index is 12.4. The van der Waals surface area contributed by atoms with Gasteiger partial charge in [-0.1, -0.05) is 0 Å². The predicted molar refractivity (Wildman–Crippen MR) is 76.5 cm³/mol. The molecule has 2 unspecified atom stereocenters. The normalized spacial score (nSPS) is 27.4. The summed E-state index contributed by atoms with van der Waals surface area (Å²) < 4.78 is 27.5. The molecular formula is C13H17N3O4S. The molecule has 1 aliphatic heterocycles. The molecule has 1 aliphatic carbocycles. The molecule has 114 valence electrons. The fourth-order valence-electron chi connectivity index (χ4n) is 2.99. The summed E-state index contributed by atoms with van der Waals surface area (Å²) in [5.74, 6) is 0.697. The van der Waals surface area contributed by atoms with E-state index in [1.54, 1.807) is 13.8 Å². The third kappa shape index (κ3) is 2.43. The maximum atomic E-state index is 12.4. The van der Waals surface area contributed by atoms with Crippen LogP contribution in [-0.2, 0) is 10.0 Å². The highest BCUT2D eigenvalue weighted by molar-refractivity contribution is 7.89. The van der Waals surface area contributed by atoms with Crippen LogP contribution in [0.3, 0.4) is 0 Å². The van der Waals surface area contributed by atoms with Gasteiger partial charge in [0.15, 0.2) is 0 Å². The average Bonchev–Trinajstić information content (AvgIpc) is 2.85. The van der Waals surface area contributed by atoms with Crippen LogP contribution in [0.15, 0.2) is 17.0 Å². The van der Waals surface area contributed by atoms with Gasteiger partial charge in [-0.25, -0.2) is 13.1 Å². The second-order valence-corrected chi connectivity index (χ2v) is 7.49. The van der Waals surface area contributed by atoms with Gasteiger partial charge >= 0.3 is 0 Å². The summed E-state index contributed by atoms with van der Waals surface area (Å²) in [4.78, 5) is 10.5. The van der Waals surface area contributed by atoms with Gasteiger partial charge in [0.2, 0.25) is 10.0 Å². The van der Waals surface area contributed by atoms with Gasteiger partial charge in [-0.15, -0.1) is 0 Å². The highest BCUT2D eigenvalue weighted by atomic mass is 32.2. The molecule has 0 aromatic heterocycles. The van der Waals surface area contributed by atoms with Gasteiger partial charge < -0.3 is 5.32 Å². The number of hydrogen-bond donors (Lipinski definition) is 2. The Labute approximate surface area is 122 Å². The van der Waals surface area contributed by atoms with Crippen molar-refractivity contribution >= 4 is 15.7 Å². The average molecular weight is 311 g/mol. The van der Waals surface area contributed by atoms with E-state index in [0.29, 0.717) is 23.0 Å². The van der Waals surface area contributed by atoms with Crippen molar-refractivity contribution in [2.24, 2.45) is 11.8 Å². The first-order valence-electron chi connectivity index (χ1n) is 6.80. The van der Waals surface area contributed by atoms with Gasteiger partial charge in [0.25, 0.3) is 5.69 Å². The molecule has 3 rings (SSSR count). The molecule has 8 heteroatoms. The van der Waals surface area contributed by atoms with Crippen molar-refractivity contribution in [2.75, 3.05) is 13.1 Å². The molecule has 2 atom stereocenters. The molecule has 1 saturated carbocycles. The Balaban J connectivity index is 1.90. The molecule has 1 saturated heterocycles. The predicted octanol–water partition coefficient (Wildman–Crippen LogP) is 0.708. The number of nitrogens with one attached hydrogen (secondary N) is 2. The van der Waals surface area contributed by atoms with E-state index in [-0.39, 0.29) is 16.6 Å². The van der Waals surface area contributed by atoms with Crippen molar-refractivity contribution in [3.05, 3.63) is 33.4 Å². The lowest BCUT2D eigenvalue weighted by Crippen LogP contribution is -2.32. The summed E-state index contributed by atoms with van der Waals surface area (Å²) in [5.41, 5.74) is 0.932. The minimum atomic E-state index is -3.72. The van der Waals surface area contributed by atoms with Crippen LogP contribution in [0.5, 0.6) is 0 Å². The van der Waals surface area contributed by atoms with E-state index >= 15 is 0 Å². The van der Waals surface area contributed by atoms with Crippen LogP contribution in [0.1, 0.15) is 11.1 Å². The lowest BCUT2D eigenvalue weighted by atomic mass is 10.1. The molecule has 0 bridgehead atoms. The minimum absolute atomic E-state index is 0.0322. The molecular weight excluding hydrogens is 294 g/mol. The molecule has 0 spiro atoms. The van der Waals surface area contributed by atoms with E-state index in [9.17, 15) is 18.5 Å². The highest BCUT2D eigenvalue weighted by Gasteiger charge is 2.54. The van der Waals surface area contributed by atoms with E-state index in [2.05, 4.69) is 10.0 Å². The van der Waals surface area contributed by atoms with Crippen LogP contribution in [0.2, 0.25) is 0 Å². The topological polar surface area (TPSA) is 101 Å². The van der Waals surface area contributed by atoms with Crippen LogP contribution in [0.25, 0.3) is 0 Å². The zero-order chi connectivity index (χ0) is 15.4. The molecule has 0 amide bonds. The monoisotopic (exact) mass is 311 g/mol. The highest BCUT2D eigenvalue weighted by Crippen LogP contribution is 2.42. The summed E-state index contributed by atoms with van der Waals surface area (Å²) >= 11 is 0. The van der Waals surface area contributed by atoms with Crippen molar-refractivity contribution < 1.29 is 13.3 Å². The summed E-state index contributed by atoms with van der Waals surface area (Å²) in [7, 11) is -3.72. The zero-order valence-electron chi connectivity index (χ0n) is 11.8. The SMILES string of the molecule is Cc1cc(S(=O)(=O)NC2C3CNCC32)cc([N+](=O)[O-])c1C. The smallest absolute Gasteiger partial charge is 0.273 e. The van der Waals surface area contributed by atoms with Gasteiger partial charge in [0.1, 0.15) is 0 Å². The van der Waals surface area contributed by atoms with Gasteiger partial charge in [-0.05, 0) is 50.4 Å². The molecule has 1 heterocycles. The molecule has 1 aromatic carbocycles. The summed E-state index contributed by atoms with van der Waals surface area (Å²) in [6, 6.07) is 2.58.